The number of nitrogens with one attached hydrogen (secondary N) is 2. The summed E-state index contributed by atoms with van der Waals surface area (Å²) >= 11 is 0. The predicted octanol–water partition coefficient (Wildman–Crippen LogP) is 1.70. The molecule has 0 heterocycles. The smallest absolute Gasteiger partial charge is 0.251 e. The highest BCUT2D eigenvalue weighted by molar-refractivity contribution is 7.89. The molecule has 0 unspecified atom stereocenters. The summed E-state index contributed by atoms with van der Waals surface area (Å²) in [6, 6.07) is 4.51. The maximum absolute atomic E-state index is 12.2. The molecule has 0 radical (unpaired) electrons. The van der Waals surface area contributed by atoms with E-state index in [-0.39, 0.29) is 10.8 Å². The molecule has 0 aliphatic heterocycles. The maximum atomic E-state index is 12.2. The fraction of sp³-hybridized carbons (Fsp3) is 0.562. The molecule has 0 aliphatic rings. The Hall–Kier alpha value is -1.44. The van der Waals surface area contributed by atoms with Crippen molar-refractivity contribution in [3.63, 3.8) is 0 Å². The number of ether oxygens (including phenoxy) is 1. The van der Waals surface area contributed by atoms with E-state index >= 15 is 0 Å². The number of hydrogen-bond acceptors (Lipinski definition) is 4. The molecule has 1 aromatic carbocycles. The van der Waals surface area contributed by atoms with E-state index in [9.17, 15) is 13.2 Å². The van der Waals surface area contributed by atoms with Crippen LogP contribution in [0.2, 0.25) is 0 Å². The molecule has 1 aromatic rings. The topological polar surface area (TPSA) is 84.5 Å². The third kappa shape index (κ3) is 6.29. The van der Waals surface area contributed by atoms with Crippen molar-refractivity contribution in [2.45, 2.75) is 32.1 Å². The molecule has 0 aliphatic carbocycles. The summed E-state index contributed by atoms with van der Waals surface area (Å²) in [5.41, 5.74) is 1.10. The Kier molecular flexibility index (Phi) is 7.67. The van der Waals surface area contributed by atoms with Crippen LogP contribution in [-0.4, -0.2) is 41.1 Å². The van der Waals surface area contributed by atoms with Crippen LogP contribution in [0.3, 0.4) is 0 Å². The van der Waals surface area contributed by atoms with Gasteiger partial charge < -0.3 is 10.1 Å². The molecule has 0 aromatic heterocycles. The molecule has 0 fully saturated rings. The van der Waals surface area contributed by atoms with E-state index in [1.54, 1.807) is 13.0 Å². The number of amides is 1. The second-order valence-corrected chi connectivity index (χ2v) is 7.65. The quantitative estimate of drug-likeness (QED) is 0.669. The van der Waals surface area contributed by atoms with Crippen LogP contribution in [0, 0.1) is 12.8 Å². The molecule has 0 atom stereocenters. The molecular formula is C16H26N2O4S. The summed E-state index contributed by atoms with van der Waals surface area (Å²) in [4.78, 5) is 12.3. The average molecular weight is 342 g/mol. The van der Waals surface area contributed by atoms with Crippen molar-refractivity contribution in [1.29, 1.82) is 0 Å². The lowest BCUT2D eigenvalue weighted by Gasteiger charge is -2.10. The Morgan fingerprint density at radius 1 is 1.30 bits per heavy atom. The lowest BCUT2D eigenvalue weighted by molar-refractivity contribution is 0.0924. The first-order chi connectivity index (χ1) is 10.8. The Morgan fingerprint density at radius 2 is 2.00 bits per heavy atom. The second-order valence-electron chi connectivity index (χ2n) is 5.76. The normalized spacial score (nSPS) is 11.7. The lowest BCUT2D eigenvalue weighted by Crippen LogP contribution is -2.27. The van der Waals surface area contributed by atoms with Gasteiger partial charge in [0.25, 0.3) is 5.91 Å². The lowest BCUT2D eigenvalue weighted by atomic mass is 10.1. The summed E-state index contributed by atoms with van der Waals surface area (Å²) in [6.07, 6.45) is 0.714. The highest BCUT2D eigenvalue weighted by Crippen LogP contribution is 2.15. The highest BCUT2D eigenvalue weighted by atomic mass is 32.2. The van der Waals surface area contributed by atoms with Gasteiger partial charge in [0, 0.05) is 25.3 Å². The highest BCUT2D eigenvalue weighted by Gasteiger charge is 2.16. The van der Waals surface area contributed by atoms with Crippen LogP contribution in [0.1, 0.15) is 36.2 Å². The van der Waals surface area contributed by atoms with Crippen LogP contribution in [0.25, 0.3) is 0 Å². The molecule has 2 N–H and O–H groups in total. The van der Waals surface area contributed by atoms with E-state index < -0.39 is 10.0 Å². The van der Waals surface area contributed by atoms with Gasteiger partial charge in [0.05, 0.1) is 4.90 Å². The molecule has 0 saturated carbocycles. The van der Waals surface area contributed by atoms with Crippen LogP contribution >= 0.6 is 0 Å². The fourth-order valence-electron chi connectivity index (χ4n) is 1.92. The van der Waals surface area contributed by atoms with E-state index in [0.717, 1.165) is 5.56 Å². The first-order valence-electron chi connectivity index (χ1n) is 7.68. The second kappa shape index (κ2) is 9.00. The zero-order chi connectivity index (χ0) is 17.5. The summed E-state index contributed by atoms with van der Waals surface area (Å²) < 4.78 is 31.3. The molecule has 0 saturated heterocycles. The van der Waals surface area contributed by atoms with Gasteiger partial charge in [-0.3, -0.25) is 4.79 Å². The zero-order valence-corrected chi connectivity index (χ0v) is 15.0. The van der Waals surface area contributed by atoms with E-state index in [0.29, 0.717) is 37.7 Å². The van der Waals surface area contributed by atoms with E-state index in [4.69, 9.17) is 4.74 Å². The van der Waals surface area contributed by atoms with Gasteiger partial charge in [-0.25, -0.2) is 13.1 Å². The minimum Gasteiger partial charge on any atom is -0.381 e. The van der Waals surface area contributed by atoms with Crippen molar-refractivity contribution < 1.29 is 17.9 Å². The van der Waals surface area contributed by atoms with Crippen molar-refractivity contribution >= 4 is 15.9 Å². The molecule has 130 valence electrons. The standard InChI is InChI=1S/C16H26N2O4S/c1-12(2)11-22-9-5-8-18-16(19)15-10-14(7-6-13(15)3)23(20,21)17-4/h6-7,10,12,17H,5,8-9,11H2,1-4H3,(H,18,19). The first kappa shape index (κ1) is 19.6. The summed E-state index contributed by atoms with van der Waals surface area (Å²) in [6.45, 7) is 7.71. The van der Waals surface area contributed by atoms with E-state index in [1.807, 2.05) is 0 Å². The SMILES string of the molecule is CNS(=O)(=O)c1ccc(C)c(C(=O)NCCCOCC(C)C)c1. The van der Waals surface area contributed by atoms with Crippen LogP contribution < -0.4 is 10.0 Å². The van der Waals surface area contributed by atoms with Gasteiger partial charge in [-0.15, -0.1) is 0 Å². The average Bonchev–Trinajstić information content (AvgIpc) is 2.50. The van der Waals surface area contributed by atoms with Crippen LogP contribution in [0.4, 0.5) is 0 Å². The minimum absolute atomic E-state index is 0.0796. The molecular weight excluding hydrogens is 316 g/mol. The Bertz CT molecular complexity index is 627. The van der Waals surface area contributed by atoms with Crippen LogP contribution in [-0.2, 0) is 14.8 Å². The molecule has 7 heteroatoms. The van der Waals surface area contributed by atoms with Crippen molar-refractivity contribution in [3.05, 3.63) is 29.3 Å². The van der Waals surface area contributed by atoms with Crippen LogP contribution in [0.15, 0.2) is 23.1 Å². The third-order valence-corrected chi connectivity index (χ3v) is 4.65. The van der Waals surface area contributed by atoms with Crippen LogP contribution in [0.5, 0.6) is 0 Å². The van der Waals surface area contributed by atoms with Gasteiger partial charge >= 0.3 is 0 Å². The van der Waals surface area contributed by atoms with Crippen molar-refractivity contribution in [2.75, 3.05) is 26.8 Å². The zero-order valence-electron chi connectivity index (χ0n) is 14.2. The number of benzene rings is 1. The predicted molar refractivity (Wildman–Crippen MR) is 90.0 cm³/mol. The fourth-order valence-corrected chi connectivity index (χ4v) is 2.68. The van der Waals surface area contributed by atoms with Gasteiger partial charge in [0.1, 0.15) is 0 Å². The molecule has 6 nitrogen and oxygen atoms in total. The number of aryl methyl sites for hydroxylation is 1. The van der Waals surface area contributed by atoms with Crippen molar-refractivity contribution in [1.82, 2.24) is 10.0 Å². The van der Waals surface area contributed by atoms with Gasteiger partial charge in [0.2, 0.25) is 10.0 Å². The number of sulfonamides is 1. The van der Waals surface area contributed by atoms with Gasteiger partial charge in [-0.2, -0.15) is 0 Å². The molecule has 1 amide bonds. The Labute approximate surface area is 138 Å². The molecule has 0 bridgehead atoms. The molecule has 23 heavy (non-hydrogen) atoms. The maximum Gasteiger partial charge on any atom is 0.251 e. The molecule has 0 spiro atoms. The summed E-state index contributed by atoms with van der Waals surface area (Å²) in [5.74, 6) is 0.212. The third-order valence-electron chi connectivity index (χ3n) is 3.23. The summed E-state index contributed by atoms with van der Waals surface area (Å²) in [7, 11) is -2.22. The van der Waals surface area contributed by atoms with Crippen molar-refractivity contribution in [2.24, 2.45) is 5.92 Å². The van der Waals surface area contributed by atoms with Gasteiger partial charge in [-0.05, 0) is 44.0 Å². The number of rotatable bonds is 9. The van der Waals surface area contributed by atoms with Gasteiger partial charge in [0.15, 0.2) is 0 Å². The van der Waals surface area contributed by atoms with E-state index in [2.05, 4.69) is 23.9 Å². The number of hydrogen-bond donors (Lipinski definition) is 2. The van der Waals surface area contributed by atoms with E-state index in [1.165, 1.54) is 19.2 Å². The van der Waals surface area contributed by atoms with Gasteiger partial charge in [-0.1, -0.05) is 19.9 Å². The number of carbonyl (C=O) groups excluding carboxylic acids is 1. The monoisotopic (exact) mass is 342 g/mol. The molecule has 1 rings (SSSR count). The minimum atomic E-state index is -3.56. The Morgan fingerprint density at radius 3 is 2.61 bits per heavy atom. The van der Waals surface area contributed by atoms with Crippen molar-refractivity contribution in [3.8, 4) is 0 Å². The Balaban J connectivity index is 2.61. The largest absolute Gasteiger partial charge is 0.381 e. The summed E-state index contributed by atoms with van der Waals surface area (Å²) in [5, 5.41) is 2.79. The first-order valence-corrected chi connectivity index (χ1v) is 9.16. The number of carbonyl (C=O) groups is 1.